The highest BCUT2D eigenvalue weighted by Crippen LogP contribution is 2.37. The minimum Gasteiger partial charge on any atom is -0.508 e. The molecule has 0 amide bonds. The molecule has 8 heteroatoms. The molecule has 2 aliphatic rings. The number of rotatable bonds is 5. The van der Waals surface area contributed by atoms with Gasteiger partial charge in [0.25, 0.3) is 0 Å². The van der Waals surface area contributed by atoms with Crippen LogP contribution >= 0.6 is 11.6 Å². The molecular weight excluding hydrogens is 438 g/mol. The summed E-state index contributed by atoms with van der Waals surface area (Å²) in [6, 6.07) is 6.48. The van der Waals surface area contributed by atoms with Crippen molar-refractivity contribution in [2.45, 2.75) is 71.5 Å². The lowest BCUT2D eigenvalue weighted by Crippen LogP contribution is -2.46. The fraction of sp³-hybridized carbons (Fsp3) is 0.480. The molecular formula is C25H30ClN5O2. The number of piperidine rings is 1. The number of nitrogens with zero attached hydrogens (tertiary/aromatic N) is 4. The van der Waals surface area contributed by atoms with Gasteiger partial charge in [-0.1, -0.05) is 16.8 Å². The van der Waals surface area contributed by atoms with E-state index in [-0.39, 0.29) is 5.75 Å². The van der Waals surface area contributed by atoms with E-state index in [0.29, 0.717) is 34.3 Å². The van der Waals surface area contributed by atoms with Gasteiger partial charge in [-0.2, -0.15) is 0 Å². The predicted octanol–water partition coefficient (Wildman–Crippen LogP) is 5.51. The van der Waals surface area contributed by atoms with Crippen LogP contribution in [-0.2, 0) is 0 Å². The van der Waals surface area contributed by atoms with Crippen LogP contribution in [0.3, 0.4) is 0 Å². The highest BCUT2D eigenvalue weighted by Gasteiger charge is 2.36. The molecule has 1 aliphatic carbocycles. The van der Waals surface area contributed by atoms with Crippen molar-refractivity contribution in [1.29, 1.82) is 0 Å². The molecule has 5 rings (SSSR count). The lowest BCUT2D eigenvalue weighted by Gasteiger charge is -2.38. The van der Waals surface area contributed by atoms with Crippen molar-refractivity contribution in [3.8, 4) is 28.4 Å². The van der Waals surface area contributed by atoms with Crippen LogP contribution in [0.4, 0.5) is 5.82 Å². The molecule has 1 saturated heterocycles. The lowest BCUT2D eigenvalue weighted by molar-refractivity contribution is 0.144. The maximum atomic E-state index is 10.1. The highest BCUT2D eigenvalue weighted by atomic mass is 35.5. The topological polar surface area (TPSA) is 87.3 Å². The van der Waals surface area contributed by atoms with E-state index < -0.39 is 0 Å². The second-order valence-electron chi connectivity index (χ2n) is 9.42. The Morgan fingerprint density at radius 3 is 2.61 bits per heavy atom. The minimum atomic E-state index is 0.119. The normalized spacial score (nSPS) is 21.4. The molecule has 0 unspecified atom stereocenters. The molecule has 2 fully saturated rings. The number of halogens is 1. The van der Waals surface area contributed by atoms with Gasteiger partial charge in [0.15, 0.2) is 5.82 Å². The van der Waals surface area contributed by atoms with Crippen LogP contribution in [0.1, 0.15) is 49.6 Å². The van der Waals surface area contributed by atoms with E-state index >= 15 is 0 Å². The van der Waals surface area contributed by atoms with E-state index in [2.05, 4.69) is 22.3 Å². The number of phenols is 1. The Kier molecular flexibility index (Phi) is 5.79. The van der Waals surface area contributed by atoms with Gasteiger partial charge in [-0.25, -0.2) is 9.97 Å². The Hall–Kier alpha value is -2.64. The third-order valence-corrected chi connectivity index (χ3v) is 7.22. The van der Waals surface area contributed by atoms with Gasteiger partial charge in [-0.15, -0.1) is 0 Å². The maximum Gasteiger partial charge on any atom is 0.163 e. The first-order chi connectivity index (χ1) is 15.8. The van der Waals surface area contributed by atoms with Gasteiger partial charge in [0.1, 0.15) is 17.3 Å². The van der Waals surface area contributed by atoms with Crippen LogP contribution in [0.15, 0.2) is 22.7 Å². The van der Waals surface area contributed by atoms with Gasteiger partial charge in [0.2, 0.25) is 0 Å². The Morgan fingerprint density at radius 1 is 1.15 bits per heavy atom. The zero-order valence-electron chi connectivity index (χ0n) is 19.5. The number of anilines is 1. The van der Waals surface area contributed by atoms with Gasteiger partial charge < -0.3 is 14.9 Å². The molecule has 2 aromatic heterocycles. The summed E-state index contributed by atoms with van der Waals surface area (Å²) in [5, 5.41) is 18.4. The maximum absolute atomic E-state index is 10.1. The first kappa shape index (κ1) is 22.2. The Labute approximate surface area is 199 Å². The molecule has 2 atom stereocenters. The average molecular weight is 468 g/mol. The predicted molar refractivity (Wildman–Crippen MR) is 130 cm³/mol. The minimum absolute atomic E-state index is 0.119. The van der Waals surface area contributed by atoms with Crippen molar-refractivity contribution >= 4 is 17.4 Å². The van der Waals surface area contributed by atoms with E-state index in [4.69, 9.17) is 26.1 Å². The molecule has 174 valence electrons. The molecule has 3 heterocycles. The van der Waals surface area contributed by atoms with Crippen LogP contribution in [0.2, 0.25) is 5.02 Å². The number of hydrogen-bond donors (Lipinski definition) is 2. The molecule has 0 spiro atoms. The lowest BCUT2D eigenvalue weighted by atomic mass is 9.97. The fourth-order valence-corrected chi connectivity index (χ4v) is 5.19. The summed E-state index contributed by atoms with van der Waals surface area (Å²) in [5.74, 6) is 2.07. The van der Waals surface area contributed by atoms with Gasteiger partial charge in [-0.3, -0.25) is 4.90 Å². The second-order valence-corrected chi connectivity index (χ2v) is 9.82. The first-order valence-corrected chi connectivity index (χ1v) is 12.0. The summed E-state index contributed by atoms with van der Waals surface area (Å²) in [6.07, 6.45) is 4.82. The summed E-state index contributed by atoms with van der Waals surface area (Å²) >= 11 is 6.48. The first-order valence-electron chi connectivity index (χ1n) is 11.6. The molecule has 2 N–H and O–H groups in total. The largest absolute Gasteiger partial charge is 0.508 e. The quantitative estimate of drug-likeness (QED) is 0.511. The summed E-state index contributed by atoms with van der Waals surface area (Å²) in [7, 11) is 0. The van der Waals surface area contributed by atoms with Crippen molar-refractivity contribution in [2.24, 2.45) is 0 Å². The van der Waals surface area contributed by atoms with Crippen molar-refractivity contribution in [2.75, 3.05) is 11.9 Å². The average Bonchev–Trinajstić information content (AvgIpc) is 3.56. The Bertz CT molecular complexity index is 1170. The number of hydrogen-bond acceptors (Lipinski definition) is 7. The van der Waals surface area contributed by atoms with E-state index in [1.165, 1.54) is 12.8 Å². The number of benzene rings is 1. The van der Waals surface area contributed by atoms with Crippen molar-refractivity contribution in [3.05, 3.63) is 40.2 Å². The summed E-state index contributed by atoms with van der Waals surface area (Å²) in [4.78, 5) is 12.4. The van der Waals surface area contributed by atoms with Crippen LogP contribution in [0.25, 0.3) is 22.6 Å². The van der Waals surface area contributed by atoms with Crippen LogP contribution < -0.4 is 5.32 Å². The van der Waals surface area contributed by atoms with E-state index in [9.17, 15) is 5.11 Å². The number of phenolic OH excluding ortho intramolecular Hbond substituents is 1. The van der Waals surface area contributed by atoms with E-state index in [0.717, 1.165) is 53.8 Å². The summed E-state index contributed by atoms with van der Waals surface area (Å²) in [6.45, 7) is 9.26. The second kappa shape index (κ2) is 8.61. The fourth-order valence-electron chi connectivity index (χ4n) is 4.99. The zero-order valence-corrected chi connectivity index (χ0v) is 20.3. The van der Waals surface area contributed by atoms with Gasteiger partial charge in [-0.05, 0) is 71.6 Å². The third kappa shape index (κ3) is 4.32. The number of aromatic hydroxyl groups is 1. The van der Waals surface area contributed by atoms with Crippen molar-refractivity contribution < 1.29 is 9.63 Å². The molecule has 1 aliphatic heterocycles. The standard InChI is InChI=1S/C25H30ClN5O2/c1-13-11-17(9-10-31(13)18-5-6-18)27-24-14(2)23(22-15(3)30-33-16(22)4)28-25(29-24)20-12-19(32)7-8-21(20)26/h7-8,12-13,17-18,32H,5-6,9-11H2,1-4H3,(H,27,28,29)/t13-,17-/m0/s1. The Balaban J connectivity index is 1.55. The molecule has 1 aromatic carbocycles. The number of aryl methyl sites for hydroxylation is 2. The van der Waals surface area contributed by atoms with Gasteiger partial charge in [0, 0.05) is 35.8 Å². The molecule has 0 bridgehead atoms. The molecule has 33 heavy (non-hydrogen) atoms. The van der Waals surface area contributed by atoms with Crippen molar-refractivity contribution in [3.63, 3.8) is 0 Å². The zero-order chi connectivity index (χ0) is 23.3. The van der Waals surface area contributed by atoms with Crippen LogP contribution in [0, 0.1) is 20.8 Å². The van der Waals surface area contributed by atoms with Gasteiger partial charge in [0.05, 0.1) is 22.0 Å². The molecule has 1 saturated carbocycles. The van der Waals surface area contributed by atoms with Gasteiger partial charge >= 0.3 is 0 Å². The van der Waals surface area contributed by atoms with E-state index in [1.807, 2.05) is 20.8 Å². The van der Waals surface area contributed by atoms with Crippen LogP contribution in [-0.4, -0.2) is 49.8 Å². The molecule has 3 aromatic rings. The number of aromatic nitrogens is 3. The number of nitrogens with one attached hydrogen (secondary N) is 1. The van der Waals surface area contributed by atoms with Crippen LogP contribution in [0.5, 0.6) is 5.75 Å². The molecule has 0 radical (unpaired) electrons. The Morgan fingerprint density at radius 2 is 1.94 bits per heavy atom. The third-order valence-electron chi connectivity index (χ3n) is 6.89. The molecule has 7 nitrogen and oxygen atoms in total. The monoisotopic (exact) mass is 467 g/mol. The SMILES string of the molecule is Cc1noc(C)c1-c1nc(-c2cc(O)ccc2Cl)nc(N[C@H]2CCN(C3CC3)[C@@H](C)C2)c1C. The smallest absolute Gasteiger partial charge is 0.163 e. The number of likely N-dealkylation sites (tertiary alicyclic amines) is 1. The summed E-state index contributed by atoms with van der Waals surface area (Å²) < 4.78 is 5.43. The summed E-state index contributed by atoms with van der Waals surface area (Å²) in [5.41, 5.74) is 3.94. The van der Waals surface area contributed by atoms with Crippen molar-refractivity contribution in [1.82, 2.24) is 20.0 Å². The highest BCUT2D eigenvalue weighted by molar-refractivity contribution is 6.33. The van der Waals surface area contributed by atoms with E-state index in [1.54, 1.807) is 18.2 Å².